The molecule has 0 heterocycles. The third-order valence-electron chi connectivity index (χ3n) is 2.89. The smallest absolute Gasteiger partial charge is 0.142 e. The monoisotopic (exact) mass is 241 g/mol. The summed E-state index contributed by atoms with van der Waals surface area (Å²) in [5, 5.41) is 0.647. The molecule has 0 unspecified atom stereocenters. The zero-order chi connectivity index (χ0) is 12.0. The maximum absolute atomic E-state index is 6.10. The van der Waals surface area contributed by atoms with E-state index < -0.39 is 0 Å². The van der Waals surface area contributed by atoms with Crippen molar-refractivity contribution in [2.45, 2.75) is 33.2 Å². The summed E-state index contributed by atoms with van der Waals surface area (Å²) in [6, 6.07) is 5.69. The molecule has 16 heavy (non-hydrogen) atoms. The molecular formula is C13H20ClNO. The van der Waals surface area contributed by atoms with Crippen LogP contribution in [-0.4, -0.2) is 6.61 Å². The van der Waals surface area contributed by atoms with Crippen molar-refractivity contribution in [2.75, 3.05) is 6.61 Å². The molecule has 0 atom stereocenters. The van der Waals surface area contributed by atoms with Gasteiger partial charge in [-0.05, 0) is 12.0 Å². The average molecular weight is 242 g/mol. The number of hydrogen-bond acceptors (Lipinski definition) is 2. The summed E-state index contributed by atoms with van der Waals surface area (Å²) in [7, 11) is 0. The molecule has 90 valence electrons. The normalized spacial score (nSPS) is 10.8. The van der Waals surface area contributed by atoms with Crippen molar-refractivity contribution >= 4 is 11.6 Å². The highest BCUT2D eigenvalue weighted by molar-refractivity contribution is 6.32. The molecule has 3 heteroatoms. The van der Waals surface area contributed by atoms with Crippen molar-refractivity contribution in [3.8, 4) is 5.75 Å². The summed E-state index contributed by atoms with van der Waals surface area (Å²) >= 11 is 6.10. The van der Waals surface area contributed by atoms with Crippen LogP contribution in [0.4, 0.5) is 0 Å². The standard InChI is InChI=1S/C13H20ClNO/c1-3-10(4-2)9-16-13-11(8-15)6-5-7-12(13)14/h5-7,10H,3-4,8-9,15H2,1-2H3. The van der Waals surface area contributed by atoms with Gasteiger partial charge in [0.25, 0.3) is 0 Å². The first-order chi connectivity index (χ1) is 7.72. The SMILES string of the molecule is CCC(CC)COc1c(Cl)cccc1CN. The Labute approximate surface area is 103 Å². The Morgan fingerprint density at radius 1 is 1.31 bits per heavy atom. The first kappa shape index (κ1) is 13.3. The highest BCUT2D eigenvalue weighted by Crippen LogP contribution is 2.29. The van der Waals surface area contributed by atoms with Gasteiger partial charge in [0, 0.05) is 12.1 Å². The van der Waals surface area contributed by atoms with E-state index in [9.17, 15) is 0 Å². The first-order valence-corrected chi connectivity index (χ1v) is 6.20. The van der Waals surface area contributed by atoms with Crippen LogP contribution in [0.3, 0.4) is 0 Å². The summed E-state index contributed by atoms with van der Waals surface area (Å²) in [6.07, 6.45) is 2.25. The van der Waals surface area contributed by atoms with Crippen LogP contribution in [0.15, 0.2) is 18.2 Å². The van der Waals surface area contributed by atoms with Gasteiger partial charge in [0.15, 0.2) is 0 Å². The number of nitrogens with two attached hydrogens (primary N) is 1. The van der Waals surface area contributed by atoms with Crippen molar-refractivity contribution in [1.82, 2.24) is 0 Å². The van der Waals surface area contributed by atoms with Gasteiger partial charge < -0.3 is 10.5 Å². The van der Waals surface area contributed by atoms with Crippen LogP contribution < -0.4 is 10.5 Å². The van der Waals surface area contributed by atoms with Gasteiger partial charge >= 0.3 is 0 Å². The second-order valence-corrected chi connectivity index (χ2v) is 4.33. The highest BCUT2D eigenvalue weighted by atomic mass is 35.5. The number of rotatable bonds is 6. The van der Waals surface area contributed by atoms with Crippen LogP contribution in [0.1, 0.15) is 32.3 Å². The molecule has 1 rings (SSSR count). The molecular weight excluding hydrogens is 222 g/mol. The lowest BCUT2D eigenvalue weighted by Gasteiger charge is -2.16. The van der Waals surface area contributed by atoms with Gasteiger partial charge in [0.05, 0.1) is 11.6 Å². The maximum atomic E-state index is 6.10. The highest BCUT2D eigenvalue weighted by Gasteiger charge is 2.10. The summed E-state index contributed by atoms with van der Waals surface area (Å²) in [5.41, 5.74) is 6.62. The quantitative estimate of drug-likeness (QED) is 0.826. The Morgan fingerprint density at radius 3 is 2.56 bits per heavy atom. The summed E-state index contributed by atoms with van der Waals surface area (Å²) in [6.45, 7) is 5.52. The number of benzene rings is 1. The molecule has 2 nitrogen and oxygen atoms in total. The van der Waals surface area contributed by atoms with Gasteiger partial charge in [-0.1, -0.05) is 50.4 Å². The molecule has 0 aromatic heterocycles. The van der Waals surface area contributed by atoms with Crippen LogP contribution in [-0.2, 0) is 6.54 Å². The molecule has 2 N–H and O–H groups in total. The van der Waals surface area contributed by atoms with Gasteiger partial charge in [0.2, 0.25) is 0 Å². The number of ether oxygens (including phenoxy) is 1. The predicted molar refractivity (Wildman–Crippen MR) is 68.9 cm³/mol. The summed E-state index contributed by atoms with van der Waals surface area (Å²) < 4.78 is 5.79. The van der Waals surface area contributed by atoms with E-state index >= 15 is 0 Å². The third kappa shape index (κ3) is 3.39. The van der Waals surface area contributed by atoms with Crippen LogP contribution in [0.2, 0.25) is 5.02 Å². The zero-order valence-electron chi connectivity index (χ0n) is 10.0. The van der Waals surface area contributed by atoms with Crippen LogP contribution in [0.5, 0.6) is 5.75 Å². The largest absolute Gasteiger partial charge is 0.491 e. The maximum Gasteiger partial charge on any atom is 0.142 e. The Bertz CT molecular complexity index is 324. The van der Waals surface area contributed by atoms with E-state index in [-0.39, 0.29) is 0 Å². The van der Waals surface area contributed by atoms with E-state index in [2.05, 4.69) is 13.8 Å². The first-order valence-electron chi connectivity index (χ1n) is 5.83. The molecule has 1 aromatic rings. The predicted octanol–water partition coefficient (Wildman–Crippen LogP) is 3.61. The lowest BCUT2D eigenvalue weighted by atomic mass is 10.1. The second-order valence-electron chi connectivity index (χ2n) is 3.93. The number of halogens is 1. The Morgan fingerprint density at radius 2 is 2.00 bits per heavy atom. The van der Waals surface area contributed by atoms with Crippen LogP contribution >= 0.6 is 11.6 Å². The molecule has 0 aliphatic rings. The Hall–Kier alpha value is -0.730. The van der Waals surface area contributed by atoms with E-state index in [0.29, 0.717) is 24.1 Å². The lowest BCUT2D eigenvalue weighted by molar-refractivity contribution is 0.239. The fourth-order valence-corrected chi connectivity index (χ4v) is 1.85. The molecule has 0 saturated heterocycles. The zero-order valence-corrected chi connectivity index (χ0v) is 10.8. The van der Waals surface area contributed by atoms with E-state index in [1.54, 1.807) is 0 Å². The van der Waals surface area contributed by atoms with Gasteiger partial charge in [0.1, 0.15) is 5.75 Å². The number of para-hydroxylation sites is 1. The van der Waals surface area contributed by atoms with Gasteiger partial charge in [-0.3, -0.25) is 0 Å². The van der Waals surface area contributed by atoms with Gasteiger partial charge in [-0.25, -0.2) is 0 Å². The van der Waals surface area contributed by atoms with Crippen molar-refractivity contribution in [1.29, 1.82) is 0 Å². The van der Waals surface area contributed by atoms with Gasteiger partial charge in [-0.2, -0.15) is 0 Å². The molecule has 0 bridgehead atoms. The second kappa shape index (κ2) is 6.77. The van der Waals surface area contributed by atoms with Crippen molar-refractivity contribution in [3.05, 3.63) is 28.8 Å². The molecule has 0 fully saturated rings. The lowest BCUT2D eigenvalue weighted by Crippen LogP contribution is -2.12. The van der Waals surface area contributed by atoms with E-state index in [1.165, 1.54) is 0 Å². The minimum Gasteiger partial charge on any atom is -0.491 e. The van der Waals surface area contributed by atoms with Crippen molar-refractivity contribution < 1.29 is 4.74 Å². The topological polar surface area (TPSA) is 35.2 Å². The Kier molecular flexibility index (Phi) is 5.64. The van der Waals surface area contributed by atoms with Crippen LogP contribution in [0, 0.1) is 5.92 Å². The molecule has 0 aliphatic heterocycles. The van der Waals surface area contributed by atoms with E-state index in [0.717, 1.165) is 24.2 Å². The minimum atomic E-state index is 0.457. The summed E-state index contributed by atoms with van der Waals surface area (Å²) in [4.78, 5) is 0. The molecule has 0 saturated carbocycles. The van der Waals surface area contributed by atoms with Crippen molar-refractivity contribution in [2.24, 2.45) is 11.7 Å². The summed E-state index contributed by atoms with van der Waals surface area (Å²) in [5.74, 6) is 1.33. The molecule has 0 spiro atoms. The van der Waals surface area contributed by atoms with Gasteiger partial charge in [-0.15, -0.1) is 0 Å². The minimum absolute atomic E-state index is 0.457. The van der Waals surface area contributed by atoms with E-state index in [1.807, 2.05) is 18.2 Å². The van der Waals surface area contributed by atoms with Crippen LogP contribution in [0.25, 0.3) is 0 Å². The third-order valence-corrected chi connectivity index (χ3v) is 3.18. The van der Waals surface area contributed by atoms with E-state index in [4.69, 9.17) is 22.1 Å². The molecule has 0 amide bonds. The number of hydrogen-bond donors (Lipinski definition) is 1. The molecule has 0 radical (unpaired) electrons. The fourth-order valence-electron chi connectivity index (χ4n) is 1.60. The fraction of sp³-hybridized carbons (Fsp3) is 0.538. The van der Waals surface area contributed by atoms with Crippen molar-refractivity contribution in [3.63, 3.8) is 0 Å². The molecule has 1 aromatic carbocycles. The molecule has 0 aliphatic carbocycles. The Balaban J connectivity index is 2.72. The average Bonchev–Trinajstić information content (AvgIpc) is 2.31.